The number of rotatable bonds is 4. The van der Waals surface area contributed by atoms with Gasteiger partial charge < -0.3 is 9.30 Å². The maximum Gasteiger partial charge on any atom is 0.258 e. The van der Waals surface area contributed by atoms with Gasteiger partial charge in [-0.15, -0.1) is 0 Å². The van der Waals surface area contributed by atoms with Crippen LogP contribution in [0.2, 0.25) is 0 Å². The summed E-state index contributed by atoms with van der Waals surface area (Å²) in [7, 11) is 2.17. The van der Waals surface area contributed by atoms with Crippen LogP contribution < -0.4 is 10.3 Å². The molecule has 1 saturated heterocycles. The summed E-state index contributed by atoms with van der Waals surface area (Å²) in [5.41, 5.74) is 6.90. The largest absolute Gasteiger partial charge is 0.489 e. The third-order valence-corrected chi connectivity index (χ3v) is 7.48. The lowest BCUT2D eigenvalue weighted by molar-refractivity contribution is 0.138. The SMILES string of the molecule is CC.Cc1ccc(COc2ccn(-c3ccc4c5c(n(C)c4c3)CCN3CCCCC53)c(=O)c2)cn1. The van der Waals surface area contributed by atoms with Crippen LogP contribution in [0.5, 0.6) is 5.75 Å². The first-order valence-corrected chi connectivity index (χ1v) is 13.2. The molecule has 1 fully saturated rings. The molecule has 1 atom stereocenters. The molecule has 5 heterocycles. The number of aromatic nitrogens is 3. The van der Waals surface area contributed by atoms with Gasteiger partial charge in [-0.25, -0.2) is 0 Å². The van der Waals surface area contributed by atoms with Gasteiger partial charge in [0.2, 0.25) is 0 Å². The summed E-state index contributed by atoms with van der Waals surface area (Å²) in [6.45, 7) is 8.70. The highest BCUT2D eigenvalue weighted by atomic mass is 16.5. The van der Waals surface area contributed by atoms with Crippen LogP contribution in [0.3, 0.4) is 0 Å². The van der Waals surface area contributed by atoms with E-state index in [1.807, 2.05) is 39.0 Å². The molecule has 6 rings (SSSR count). The van der Waals surface area contributed by atoms with Crippen molar-refractivity contribution in [1.29, 1.82) is 0 Å². The molecule has 0 bridgehead atoms. The molecule has 188 valence electrons. The molecule has 4 aromatic rings. The molecule has 2 aliphatic heterocycles. The van der Waals surface area contributed by atoms with Crippen molar-refractivity contribution < 1.29 is 4.74 Å². The highest BCUT2D eigenvalue weighted by molar-refractivity contribution is 5.88. The van der Waals surface area contributed by atoms with Crippen LogP contribution in [-0.4, -0.2) is 32.1 Å². The molecule has 0 amide bonds. The van der Waals surface area contributed by atoms with E-state index >= 15 is 0 Å². The highest BCUT2D eigenvalue weighted by Gasteiger charge is 2.33. The van der Waals surface area contributed by atoms with Gasteiger partial charge in [0.15, 0.2) is 0 Å². The molecule has 6 nitrogen and oxygen atoms in total. The Kier molecular flexibility index (Phi) is 6.97. The number of nitrogens with zero attached hydrogens (tertiary/aromatic N) is 4. The van der Waals surface area contributed by atoms with Crippen LogP contribution >= 0.6 is 0 Å². The zero-order valence-corrected chi connectivity index (χ0v) is 21.8. The first-order chi connectivity index (χ1) is 17.6. The summed E-state index contributed by atoms with van der Waals surface area (Å²) < 4.78 is 9.87. The maximum atomic E-state index is 13.0. The molecule has 0 saturated carbocycles. The van der Waals surface area contributed by atoms with Crippen LogP contribution in [0.1, 0.15) is 61.7 Å². The fourth-order valence-electron chi connectivity index (χ4n) is 5.68. The minimum Gasteiger partial charge on any atom is -0.489 e. The second-order valence-corrected chi connectivity index (χ2v) is 9.59. The molecule has 0 spiro atoms. The van der Waals surface area contributed by atoms with Crippen molar-refractivity contribution in [1.82, 2.24) is 19.0 Å². The van der Waals surface area contributed by atoms with Crippen molar-refractivity contribution in [2.24, 2.45) is 7.05 Å². The highest BCUT2D eigenvalue weighted by Crippen LogP contribution is 2.42. The van der Waals surface area contributed by atoms with Crippen molar-refractivity contribution in [3.63, 3.8) is 0 Å². The number of fused-ring (bicyclic) bond motifs is 5. The summed E-state index contributed by atoms with van der Waals surface area (Å²) in [4.78, 5) is 19.9. The van der Waals surface area contributed by atoms with Crippen LogP contribution in [0.25, 0.3) is 16.6 Å². The van der Waals surface area contributed by atoms with Gasteiger partial charge in [-0.3, -0.25) is 19.2 Å². The summed E-state index contributed by atoms with van der Waals surface area (Å²) in [6, 6.07) is 14.3. The molecule has 6 heteroatoms. The monoisotopic (exact) mass is 484 g/mol. The molecule has 0 aliphatic carbocycles. The number of piperidine rings is 1. The van der Waals surface area contributed by atoms with E-state index in [2.05, 4.69) is 39.7 Å². The summed E-state index contributed by atoms with van der Waals surface area (Å²) >= 11 is 0. The van der Waals surface area contributed by atoms with Gasteiger partial charge in [0.1, 0.15) is 12.4 Å². The van der Waals surface area contributed by atoms with Gasteiger partial charge in [0, 0.05) is 66.9 Å². The lowest BCUT2D eigenvalue weighted by Gasteiger charge is -2.39. The van der Waals surface area contributed by atoms with Crippen molar-refractivity contribution >= 4 is 10.9 Å². The van der Waals surface area contributed by atoms with E-state index in [4.69, 9.17) is 4.74 Å². The van der Waals surface area contributed by atoms with Crippen molar-refractivity contribution in [3.8, 4) is 11.4 Å². The summed E-state index contributed by atoms with van der Waals surface area (Å²) in [5, 5.41) is 1.33. The fourth-order valence-corrected chi connectivity index (χ4v) is 5.68. The first kappa shape index (κ1) is 24.3. The summed E-state index contributed by atoms with van der Waals surface area (Å²) in [5.74, 6) is 0.564. The Bertz CT molecular complexity index is 1420. The Labute approximate surface area is 213 Å². The van der Waals surface area contributed by atoms with Crippen molar-refractivity contribution in [3.05, 3.63) is 87.7 Å². The topological polar surface area (TPSA) is 52.3 Å². The first-order valence-electron chi connectivity index (χ1n) is 13.2. The van der Waals surface area contributed by atoms with Crippen LogP contribution in [0.4, 0.5) is 0 Å². The van der Waals surface area contributed by atoms with E-state index in [1.165, 1.54) is 48.0 Å². The number of aryl methyl sites for hydroxylation is 2. The van der Waals surface area contributed by atoms with Crippen molar-refractivity contribution in [2.45, 2.75) is 59.1 Å². The van der Waals surface area contributed by atoms with E-state index in [0.717, 1.165) is 29.9 Å². The smallest absolute Gasteiger partial charge is 0.258 e. The van der Waals surface area contributed by atoms with Crippen LogP contribution in [-0.2, 0) is 20.1 Å². The van der Waals surface area contributed by atoms with E-state index in [0.29, 0.717) is 18.4 Å². The lowest BCUT2D eigenvalue weighted by atomic mass is 9.89. The second-order valence-electron chi connectivity index (χ2n) is 9.59. The van der Waals surface area contributed by atoms with Gasteiger partial charge in [-0.2, -0.15) is 0 Å². The zero-order valence-electron chi connectivity index (χ0n) is 21.8. The summed E-state index contributed by atoms with van der Waals surface area (Å²) in [6.07, 6.45) is 8.56. The van der Waals surface area contributed by atoms with Gasteiger partial charge in [-0.1, -0.05) is 32.4 Å². The molecule has 1 aromatic carbocycles. The average molecular weight is 485 g/mol. The third kappa shape index (κ3) is 4.46. The van der Waals surface area contributed by atoms with Gasteiger partial charge >= 0.3 is 0 Å². The van der Waals surface area contributed by atoms with Crippen LogP contribution in [0.15, 0.2) is 59.7 Å². The predicted octanol–water partition coefficient (Wildman–Crippen LogP) is 5.72. The minimum absolute atomic E-state index is 0.101. The number of hydrogen-bond acceptors (Lipinski definition) is 4. The van der Waals surface area contributed by atoms with E-state index in [-0.39, 0.29) is 5.56 Å². The number of ether oxygens (including phenoxy) is 1. The van der Waals surface area contributed by atoms with E-state index < -0.39 is 0 Å². The lowest BCUT2D eigenvalue weighted by Crippen LogP contribution is -2.38. The average Bonchev–Trinajstić information content (AvgIpc) is 3.21. The Morgan fingerprint density at radius 1 is 1.06 bits per heavy atom. The zero-order chi connectivity index (χ0) is 25.2. The quantitative estimate of drug-likeness (QED) is 0.372. The van der Waals surface area contributed by atoms with Gasteiger partial charge in [0.05, 0.1) is 11.2 Å². The number of benzene rings is 1. The normalized spacial score (nSPS) is 17.2. The maximum absolute atomic E-state index is 13.0. The van der Waals surface area contributed by atoms with E-state index in [1.54, 1.807) is 23.0 Å². The predicted molar refractivity (Wildman–Crippen MR) is 145 cm³/mol. The molecule has 1 unspecified atom stereocenters. The van der Waals surface area contributed by atoms with Crippen molar-refractivity contribution in [2.75, 3.05) is 13.1 Å². The molecular formula is C30H36N4O2. The molecule has 0 N–H and O–H groups in total. The molecule has 0 radical (unpaired) electrons. The molecular weight excluding hydrogens is 448 g/mol. The number of hydrogen-bond donors (Lipinski definition) is 0. The van der Waals surface area contributed by atoms with E-state index in [9.17, 15) is 4.79 Å². The standard InChI is InChI=1S/C28H30N4O2.C2H6/c1-19-6-7-20(17-29-19)18-34-22-10-14-32(27(33)16-22)21-8-9-23-26(15-21)30(2)24-11-13-31-12-4-3-5-25(31)28(23)24;1-2/h6-10,14-17,25H,3-5,11-13,18H2,1-2H3;1-2H3. The Morgan fingerprint density at radius 2 is 1.92 bits per heavy atom. The molecule has 3 aromatic heterocycles. The minimum atomic E-state index is -0.101. The molecule has 2 aliphatic rings. The number of pyridine rings is 2. The molecule has 36 heavy (non-hydrogen) atoms. The fraction of sp³-hybridized carbons (Fsp3) is 0.400. The second kappa shape index (κ2) is 10.3. The van der Waals surface area contributed by atoms with Gasteiger partial charge in [0.25, 0.3) is 5.56 Å². The Morgan fingerprint density at radius 3 is 2.69 bits per heavy atom. The van der Waals surface area contributed by atoms with Gasteiger partial charge in [-0.05, 0) is 56.1 Å². The Balaban J connectivity index is 0.00000130. The Hall–Kier alpha value is -3.38. The third-order valence-electron chi connectivity index (χ3n) is 7.48. The van der Waals surface area contributed by atoms with Crippen LogP contribution in [0, 0.1) is 6.92 Å².